The van der Waals surface area contributed by atoms with E-state index in [1.165, 1.54) is 12.1 Å². The molecule has 0 unspecified atom stereocenters. The van der Waals surface area contributed by atoms with Crippen molar-refractivity contribution >= 4 is 27.1 Å². The molecule has 0 N–H and O–H groups in total. The molecule has 0 bridgehead atoms. The second kappa shape index (κ2) is 5.15. The van der Waals surface area contributed by atoms with Crippen LogP contribution in [0, 0.1) is 0 Å². The SMILES string of the molecule is [N-]=[N+]1C(c2ccccc2)=C1S(=O)(=O)C1=CC(=O)c2ccccc2C1=O. The third-order valence-electron chi connectivity index (χ3n) is 4.07. The van der Waals surface area contributed by atoms with Gasteiger partial charge in [0.15, 0.2) is 5.78 Å². The summed E-state index contributed by atoms with van der Waals surface area (Å²) in [7, 11) is -4.31. The molecule has 0 atom stereocenters. The van der Waals surface area contributed by atoms with Crippen molar-refractivity contribution in [2.24, 2.45) is 0 Å². The first-order valence-corrected chi connectivity index (χ1v) is 8.85. The van der Waals surface area contributed by atoms with Crippen molar-refractivity contribution in [2.45, 2.75) is 0 Å². The number of hydrogen-bond donors (Lipinski definition) is 0. The van der Waals surface area contributed by atoms with Crippen LogP contribution in [0.3, 0.4) is 0 Å². The van der Waals surface area contributed by atoms with E-state index in [9.17, 15) is 23.5 Å². The number of carbonyl (C=O) groups is 2. The molecule has 0 amide bonds. The first kappa shape index (κ1) is 15.3. The van der Waals surface area contributed by atoms with E-state index >= 15 is 0 Å². The Hall–Kier alpha value is -3.19. The van der Waals surface area contributed by atoms with Crippen LogP contribution in [0.15, 0.2) is 70.6 Å². The van der Waals surface area contributed by atoms with Crippen LogP contribution in [-0.2, 0) is 9.84 Å². The Morgan fingerprint density at radius 1 is 0.840 bits per heavy atom. The molecule has 0 radical (unpaired) electrons. The van der Waals surface area contributed by atoms with Gasteiger partial charge in [-0.15, -0.1) is 0 Å². The average molecular weight is 350 g/mol. The molecule has 25 heavy (non-hydrogen) atoms. The summed E-state index contributed by atoms with van der Waals surface area (Å²) in [5.74, 6) is -1.31. The highest BCUT2D eigenvalue weighted by Gasteiger charge is 2.53. The highest BCUT2D eigenvalue weighted by molar-refractivity contribution is 8.00. The summed E-state index contributed by atoms with van der Waals surface area (Å²) >= 11 is 0. The lowest BCUT2D eigenvalue weighted by Gasteiger charge is -2.12. The number of ketones is 2. The van der Waals surface area contributed by atoms with Gasteiger partial charge in [-0.05, 0) is 12.1 Å². The van der Waals surface area contributed by atoms with E-state index in [4.69, 9.17) is 0 Å². The molecule has 2 aromatic rings. The predicted molar refractivity (Wildman–Crippen MR) is 89.1 cm³/mol. The summed E-state index contributed by atoms with van der Waals surface area (Å²) in [6.07, 6.45) is 0.821. The molecule has 1 aliphatic carbocycles. The number of nitrogens with zero attached hydrogens (tertiary/aromatic N) is 2. The molecule has 2 aliphatic rings. The molecule has 6 nitrogen and oxygen atoms in total. The first-order valence-electron chi connectivity index (χ1n) is 7.36. The monoisotopic (exact) mass is 350 g/mol. The number of allylic oxidation sites excluding steroid dienone is 2. The molecule has 0 saturated carbocycles. The third-order valence-corrected chi connectivity index (χ3v) is 5.83. The zero-order valence-electron chi connectivity index (χ0n) is 12.7. The fraction of sp³-hybridized carbons (Fsp3) is 0. The minimum absolute atomic E-state index is 0.0422. The number of sulfone groups is 1. The van der Waals surface area contributed by atoms with Gasteiger partial charge in [0.25, 0.3) is 15.5 Å². The molecule has 0 spiro atoms. The summed E-state index contributed by atoms with van der Waals surface area (Å²) in [5.41, 5.74) is 10.7. The zero-order chi connectivity index (χ0) is 17.8. The van der Waals surface area contributed by atoms with Gasteiger partial charge in [-0.1, -0.05) is 42.5 Å². The second-order valence-corrected chi connectivity index (χ2v) is 7.42. The van der Waals surface area contributed by atoms with E-state index in [2.05, 4.69) is 0 Å². The summed E-state index contributed by atoms with van der Waals surface area (Å²) in [5, 5.41) is -0.384. The van der Waals surface area contributed by atoms with Crippen LogP contribution in [0.1, 0.15) is 26.3 Å². The lowest BCUT2D eigenvalue weighted by Crippen LogP contribution is -2.22. The number of hydrogen-bond acceptors (Lipinski definition) is 4. The molecular formula is C18H10N2O4S. The van der Waals surface area contributed by atoms with E-state index < -0.39 is 26.3 Å². The molecule has 1 aliphatic heterocycles. The van der Waals surface area contributed by atoms with Gasteiger partial charge in [0.1, 0.15) is 4.91 Å². The lowest BCUT2D eigenvalue weighted by atomic mass is 9.95. The van der Waals surface area contributed by atoms with Crippen LogP contribution >= 0.6 is 0 Å². The summed E-state index contributed by atoms with van der Waals surface area (Å²) < 4.78 is 26.1. The van der Waals surface area contributed by atoms with Crippen molar-refractivity contribution in [2.75, 3.05) is 0 Å². The van der Waals surface area contributed by atoms with Gasteiger partial charge in [-0.3, -0.25) is 9.59 Å². The van der Waals surface area contributed by atoms with E-state index in [1.54, 1.807) is 42.5 Å². The fourth-order valence-corrected chi connectivity index (χ4v) is 4.38. The maximum Gasteiger partial charge on any atom is 0.369 e. The van der Waals surface area contributed by atoms with Crippen LogP contribution < -0.4 is 0 Å². The molecule has 7 heteroatoms. The van der Waals surface area contributed by atoms with Gasteiger partial charge in [-0.2, -0.15) is 0 Å². The molecule has 1 heterocycles. The number of carbonyl (C=O) groups excluding carboxylic acids is 2. The molecular weight excluding hydrogens is 340 g/mol. The predicted octanol–water partition coefficient (Wildman–Crippen LogP) is 2.74. The highest BCUT2D eigenvalue weighted by atomic mass is 32.2. The van der Waals surface area contributed by atoms with Gasteiger partial charge >= 0.3 is 5.03 Å². The van der Waals surface area contributed by atoms with Crippen molar-refractivity contribution in [1.29, 1.82) is 0 Å². The van der Waals surface area contributed by atoms with Crippen LogP contribution in [0.2, 0.25) is 0 Å². The van der Waals surface area contributed by atoms with Gasteiger partial charge in [0.2, 0.25) is 5.78 Å². The molecule has 0 fully saturated rings. The van der Waals surface area contributed by atoms with Crippen LogP contribution in [0.5, 0.6) is 0 Å². The first-order chi connectivity index (χ1) is 11.9. The Morgan fingerprint density at radius 2 is 1.44 bits per heavy atom. The average Bonchev–Trinajstić information content (AvgIpc) is 3.31. The minimum Gasteiger partial charge on any atom is -0.492 e. The van der Waals surface area contributed by atoms with Crippen molar-refractivity contribution in [3.63, 3.8) is 0 Å². The van der Waals surface area contributed by atoms with Crippen molar-refractivity contribution in [3.05, 3.63) is 92.8 Å². The van der Waals surface area contributed by atoms with Gasteiger partial charge in [0.05, 0.1) is 5.56 Å². The van der Waals surface area contributed by atoms with Gasteiger partial charge < -0.3 is 5.53 Å². The van der Waals surface area contributed by atoms with Crippen molar-refractivity contribution in [3.8, 4) is 0 Å². The Bertz CT molecular complexity index is 1140. The topological polar surface area (TPSA) is 93.6 Å². The van der Waals surface area contributed by atoms with Crippen LogP contribution in [0.4, 0.5) is 0 Å². The summed E-state index contributed by atoms with van der Waals surface area (Å²) in [4.78, 5) is 24.1. The maximum atomic E-state index is 12.8. The Labute approximate surface area is 143 Å². The minimum atomic E-state index is -4.31. The smallest absolute Gasteiger partial charge is 0.369 e. The molecule has 4 rings (SSSR count). The quantitative estimate of drug-likeness (QED) is 0.796. The Balaban J connectivity index is 1.83. The van der Waals surface area contributed by atoms with E-state index in [0.717, 1.165) is 6.08 Å². The number of fused-ring (bicyclic) bond motifs is 1. The standard InChI is InChI=1S/C18H10N2O4S/c19-20-16(11-6-2-1-3-7-11)18(20)25(23,24)15-10-14(21)12-8-4-5-9-13(12)17(15)22/h1-10H. The number of Topliss-reactive ketones (excluding diaryl/α,β-unsaturated/α-hetero) is 1. The zero-order valence-corrected chi connectivity index (χ0v) is 13.5. The van der Waals surface area contributed by atoms with E-state index in [-0.39, 0.29) is 21.9 Å². The number of rotatable bonds is 3. The van der Waals surface area contributed by atoms with E-state index in [0.29, 0.717) is 10.3 Å². The Kier molecular flexibility index (Phi) is 3.16. The molecule has 0 aromatic heterocycles. The Morgan fingerprint density at radius 3 is 2.12 bits per heavy atom. The third kappa shape index (κ3) is 2.20. The fourth-order valence-electron chi connectivity index (χ4n) is 2.82. The number of benzene rings is 2. The lowest BCUT2D eigenvalue weighted by molar-refractivity contribution is -0.305. The molecule has 2 aromatic carbocycles. The largest absolute Gasteiger partial charge is 0.492 e. The second-order valence-electron chi connectivity index (χ2n) is 5.58. The summed E-state index contributed by atoms with van der Waals surface area (Å²) in [6.45, 7) is 0. The van der Waals surface area contributed by atoms with Crippen molar-refractivity contribution < 1.29 is 22.7 Å². The van der Waals surface area contributed by atoms with Crippen molar-refractivity contribution in [1.82, 2.24) is 0 Å². The highest BCUT2D eigenvalue weighted by Crippen LogP contribution is 2.43. The summed E-state index contributed by atoms with van der Waals surface area (Å²) in [6, 6.07) is 14.5. The van der Waals surface area contributed by atoms with E-state index in [1.807, 2.05) is 0 Å². The van der Waals surface area contributed by atoms with Crippen LogP contribution in [0.25, 0.3) is 11.2 Å². The van der Waals surface area contributed by atoms with Crippen LogP contribution in [-0.4, -0.2) is 24.7 Å². The van der Waals surface area contributed by atoms with Gasteiger partial charge in [-0.25, -0.2) is 13.1 Å². The molecule has 122 valence electrons. The normalized spacial score (nSPS) is 16.6. The molecule has 0 saturated heterocycles. The van der Waals surface area contributed by atoms with Gasteiger partial charge in [0, 0.05) is 17.2 Å². The maximum absolute atomic E-state index is 12.8.